The maximum atomic E-state index is 10.8. The van der Waals surface area contributed by atoms with Crippen molar-refractivity contribution in [2.45, 2.75) is 31.9 Å². The van der Waals surface area contributed by atoms with E-state index in [9.17, 15) is 4.79 Å². The van der Waals surface area contributed by atoms with Gasteiger partial charge in [0, 0.05) is 12.2 Å². The van der Waals surface area contributed by atoms with Crippen molar-refractivity contribution in [1.82, 2.24) is 0 Å². The lowest BCUT2D eigenvalue weighted by Gasteiger charge is -2.03. The molecule has 0 aromatic rings. The molecule has 0 aromatic heterocycles. The van der Waals surface area contributed by atoms with Gasteiger partial charge in [-0.3, -0.25) is 9.79 Å². The Morgan fingerprint density at radius 3 is 3.00 bits per heavy atom. The first-order chi connectivity index (χ1) is 5.24. The van der Waals surface area contributed by atoms with Crippen LogP contribution in [0.25, 0.3) is 0 Å². The molecular formula is C8H13NOS. The minimum Gasteiger partial charge on any atom is -0.292 e. The Balaban J connectivity index is 2.37. The highest BCUT2D eigenvalue weighted by Gasteiger charge is 2.20. The standard InChI is InChI=1S/C8H13NOS/c1-3-4-7-5-9-8(11-7)6(2)10/h7H,3-5H2,1-2H3. The van der Waals surface area contributed by atoms with Crippen molar-refractivity contribution >= 4 is 22.6 Å². The first kappa shape index (κ1) is 8.78. The van der Waals surface area contributed by atoms with Crippen molar-refractivity contribution in [2.24, 2.45) is 4.99 Å². The molecule has 0 N–H and O–H groups in total. The van der Waals surface area contributed by atoms with E-state index in [1.54, 1.807) is 18.7 Å². The average Bonchev–Trinajstić information content (AvgIpc) is 2.37. The topological polar surface area (TPSA) is 29.4 Å². The van der Waals surface area contributed by atoms with E-state index in [1.165, 1.54) is 12.8 Å². The highest BCUT2D eigenvalue weighted by molar-refractivity contribution is 8.16. The molecule has 2 nitrogen and oxygen atoms in total. The number of hydrogen-bond donors (Lipinski definition) is 0. The summed E-state index contributed by atoms with van der Waals surface area (Å²) < 4.78 is 0. The number of nitrogens with zero attached hydrogens (tertiary/aromatic N) is 1. The Hall–Kier alpha value is -0.310. The molecule has 1 rings (SSSR count). The number of carbonyl (C=O) groups is 1. The van der Waals surface area contributed by atoms with E-state index in [0.29, 0.717) is 5.25 Å². The minimum atomic E-state index is 0.119. The molecule has 0 bridgehead atoms. The number of thioether (sulfide) groups is 1. The lowest BCUT2D eigenvalue weighted by Crippen LogP contribution is -2.05. The number of hydrogen-bond acceptors (Lipinski definition) is 3. The molecule has 1 aliphatic rings. The zero-order valence-electron chi connectivity index (χ0n) is 6.96. The Bertz CT molecular complexity index is 189. The van der Waals surface area contributed by atoms with Crippen LogP contribution >= 0.6 is 11.8 Å². The first-order valence-electron chi connectivity index (χ1n) is 3.96. The lowest BCUT2D eigenvalue weighted by molar-refractivity contribution is -0.110. The molecule has 0 amide bonds. The van der Waals surface area contributed by atoms with E-state index >= 15 is 0 Å². The van der Waals surface area contributed by atoms with Gasteiger partial charge in [0.25, 0.3) is 0 Å². The fourth-order valence-electron chi connectivity index (χ4n) is 1.08. The van der Waals surface area contributed by atoms with E-state index in [-0.39, 0.29) is 5.78 Å². The molecule has 0 saturated heterocycles. The third kappa shape index (κ3) is 2.33. The van der Waals surface area contributed by atoms with Crippen molar-refractivity contribution < 1.29 is 4.79 Å². The third-order valence-electron chi connectivity index (χ3n) is 1.63. The third-order valence-corrected chi connectivity index (χ3v) is 2.99. The molecule has 3 heteroatoms. The van der Waals surface area contributed by atoms with E-state index in [1.807, 2.05) is 0 Å². The summed E-state index contributed by atoms with van der Waals surface area (Å²) in [6.45, 7) is 4.58. The predicted molar refractivity (Wildman–Crippen MR) is 49.3 cm³/mol. The summed E-state index contributed by atoms with van der Waals surface area (Å²) >= 11 is 1.64. The van der Waals surface area contributed by atoms with Gasteiger partial charge in [-0.15, -0.1) is 0 Å². The van der Waals surface area contributed by atoms with Crippen LogP contribution in [0.1, 0.15) is 26.7 Å². The summed E-state index contributed by atoms with van der Waals surface area (Å²) in [4.78, 5) is 15.0. The van der Waals surface area contributed by atoms with Crippen molar-refractivity contribution in [1.29, 1.82) is 0 Å². The van der Waals surface area contributed by atoms with Crippen LogP contribution in [0, 0.1) is 0 Å². The molecule has 0 aliphatic carbocycles. The van der Waals surface area contributed by atoms with E-state index in [0.717, 1.165) is 11.6 Å². The van der Waals surface area contributed by atoms with Crippen molar-refractivity contribution in [3.8, 4) is 0 Å². The van der Waals surface area contributed by atoms with Gasteiger partial charge in [0.15, 0.2) is 5.78 Å². The molecule has 0 fully saturated rings. The summed E-state index contributed by atoms with van der Waals surface area (Å²) in [5.74, 6) is 0.119. The fourth-order valence-corrected chi connectivity index (χ4v) is 2.22. The number of ketones is 1. The van der Waals surface area contributed by atoms with E-state index in [2.05, 4.69) is 11.9 Å². The van der Waals surface area contributed by atoms with Crippen molar-refractivity contribution in [2.75, 3.05) is 6.54 Å². The summed E-state index contributed by atoms with van der Waals surface area (Å²) in [5.41, 5.74) is 0. The van der Waals surface area contributed by atoms with E-state index < -0.39 is 0 Å². The van der Waals surface area contributed by atoms with Crippen LogP contribution in [-0.2, 0) is 4.79 Å². The maximum Gasteiger partial charge on any atom is 0.184 e. The number of rotatable bonds is 3. The Labute approximate surface area is 71.5 Å². The predicted octanol–water partition coefficient (Wildman–Crippen LogP) is 1.89. The largest absolute Gasteiger partial charge is 0.292 e. The summed E-state index contributed by atoms with van der Waals surface area (Å²) in [5, 5.41) is 1.29. The van der Waals surface area contributed by atoms with Gasteiger partial charge in [0.2, 0.25) is 0 Å². The van der Waals surface area contributed by atoms with Gasteiger partial charge in [0.05, 0.1) is 6.54 Å². The van der Waals surface area contributed by atoms with E-state index in [4.69, 9.17) is 0 Å². The van der Waals surface area contributed by atoms with Gasteiger partial charge in [-0.25, -0.2) is 0 Å². The molecule has 1 heterocycles. The Kier molecular flexibility index (Phi) is 3.12. The highest BCUT2D eigenvalue weighted by Crippen LogP contribution is 2.24. The van der Waals surface area contributed by atoms with Crippen LogP contribution in [0.3, 0.4) is 0 Å². The van der Waals surface area contributed by atoms with Crippen LogP contribution < -0.4 is 0 Å². The summed E-state index contributed by atoms with van der Waals surface area (Å²) in [6, 6.07) is 0. The van der Waals surface area contributed by atoms with Gasteiger partial charge < -0.3 is 0 Å². The fraction of sp³-hybridized carbons (Fsp3) is 0.750. The van der Waals surface area contributed by atoms with Gasteiger partial charge in [-0.1, -0.05) is 25.1 Å². The molecular weight excluding hydrogens is 158 g/mol. The number of aliphatic imine (C=N–C) groups is 1. The lowest BCUT2D eigenvalue weighted by atomic mass is 10.2. The van der Waals surface area contributed by atoms with Crippen LogP contribution in [0.2, 0.25) is 0 Å². The summed E-state index contributed by atoms with van der Waals surface area (Å²) in [6.07, 6.45) is 2.35. The number of carbonyl (C=O) groups excluding carboxylic acids is 1. The molecule has 0 radical (unpaired) electrons. The second-order valence-electron chi connectivity index (χ2n) is 2.73. The van der Waals surface area contributed by atoms with Crippen molar-refractivity contribution in [3.05, 3.63) is 0 Å². The molecule has 0 saturated carbocycles. The average molecular weight is 171 g/mol. The zero-order chi connectivity index (χ0) is 8.27. The SMILES string of the molecule is CCCC1CN=C(C(C)=O)S1. The molecule has 1 atom stereocenters. The Morgan fingerprint density at radius 1 is 1.82 bits per heavy atom. The molecule has 0 spiro atoms. The zero-order valence-corrected chi connectivity index (χ0v) is 7.78. The van der Waals surface area contributed by atoms with Gasteiger partial charge in [0.1, 0.15) is 5.04 Å². The smallest absolute Gasteiger partial charge is 0.184 e. The van der Waals surface area contributed by atoms with Gasteiger partial charge in [-0.2, -0.15) is 0 Å². The molecule has 1 unspecified atom stereocenters. The van der Waals surface area contributed by atoms with Crippen LogP contribution in [0.4, 0.5) is 0 Å². The Morgan fingerprint density at radius 2 is 2.55 bits per heavy atom. The summed E-state index contributed by atoms with van der Waals surface area (Å²) in [7, 11) is 0. The van der Waals surface area contributed by atoms with Crippen molar-refractivity contribution in [3.63, 3.8) is 0 Å². The van der Waals surface area contributed by atoms with Gasteiger partial charge in [-0.05, 0) is 6.42 Å². The minimum absolute atomic E-state index is 0.119. The second kappa shape index (κ2) is 3.90. The van der Waals surface area contributed by atoms with Crippen LogP contribution in [-0.4, -0.2) is 22.6 Å². The normalized spacial score (nSPS) is 23.5. The first-order valence-corrected chi connectivity index (χ1v) is 4.84. The highest BCUT2D eigenvalue weighted by atomic mass is 32.2. The number of Topliss-reactive ketones (excluding diaryl/α,β-unsaturated/α-hetero) is 1. The molecule has 1 aliphatic heterocycles. The maximum absolute atomic E-state index is 10.8. The molecule has 62 valence electrons. The quantitative estimate of drug-likeness (QED) is 0.649. The van der Waals surface area contributed by atoms with Crippen LogP contribution in [0.5, 0.6) is 0 Å². The van der Waals surface area contributed by atoms with Gasteiger partial charge >= 0.3 is 0 Å². The monoisotopic (exact) mass is 171 g/mol. The molecule has 11 heavy (non-hydrogen) atoms. The second-order valence-corrected chi connectivity index (χ2v) is 4.02. The molecule has 0 aromatic carbocycles. The van der Waals surface area contributed by atoms with Crippen LogP contribution in [0.15, 0.2) is 4.99 Å².